The van der Waals surface area contributed by atoms with E-state index in [0.29, 0.717) is 22.5 Å². The van der Waals surface area contributed by atoms with Gasteiger partial charge < -0.3 is 13.9 Å². The van der Waals surface area contributed by atoms with E-state index >= 15 is 0 Å². The van der Waals surface area contributed by atoms with E-state index in [9.17, 15) is 4.79 Å². The number of carbonyl (C=O) groups is 1. The van der Waals surface area contributed by atoms with Gasteiger partial charge in [0, 0.05) is 0 Å². The van der Waals surface area contributed by atoms with Crippen LogP contribution >= 0.6 is 15.9 Å². The third kappa shape index (κ3) is 2.41. The van der Waals surface area contributed by atoms with Crippen LogP contribution in [0, 0.1) is 0 Å². The van der Waals surface area contributed by atoms with Crippen LogP contribution in [-0.2, 0) is 6.42 Å². The predicted molar refractivity (Wildman–Crippen MR) is 62.9 cm³/mol. The summed E-state index contributed by atoms with van der Waals surface area (Å²) in [7, 11) is 0. The van der Waals surface area contributed by atoms with Crippen molar-refractivity contribution in [1.82, 2.24) is 4.98 Å². The van der Waals surface area contributed by atoms with Gasteiger partial charge in [-0.15, -0.1) is 0 Å². The summed E-state index contributed by atoms with van der Waals surface area (Å²) in [5.41, 5.74) is 0.447. The summed E-state index contributed by atoms with van der Waals surface area (Å²) in [6, 6.07) is 3.36. The Labute approximate surface area is 106 Å². The third-order valence-corrected chi connectivity index (χ3v) is 2.59. The van der Waals surface area contributed by atoms with Crippen LogP contribution in [-0.4, -0.2) is 16.1 Å². The van der Waals surface area contributed by atoms with E-state index in [0.717, 1.165) is 6.42 Å². The molecule has 0 aliphatic heterocycles. The second-order valence-electron chi connectivity index (χ2n) is 3.45. The van der Waals surface area contributed by atoms with Gasteiger partial charge in [-0.3, -0.25) is 0 Å². The van der Waals surface area contributed by atoms with Crippen molar-refractivity contribution in [3.63, 3.8) is 0 Å². The maximum absolute atomic E-state index is 11.0. The average Bonchev–Trinajstić information content (AvgIpc) is 2.85. The maximum atomic E-state index is 11.0. The minimum absolute atomic E-state index is 0.116. The first kappa shape index (κ1) is 11.9. The molecular weight excluding hydrogens is 290 g/mol. The molecule has 0 radical (unpaired) electrons. The highest BCUT2D eigenvalue weighted by molar-refractivity contribution is 9.10. The Morgan fingerprint density at radius 3 is 2.76 bits per heavy atom. The fraction of sp³-hybridized carbons (Fsp3) is 0.273. The first-order valence-corrected chi connectivity index (χ1v) is 5.89. The Kier molecular flexibility index (Phi) is 3.33. The SMILES string of the molecule is CCCc1nc(-c2ccc(Br)o2)oc1C(=O)O. The van der Waals surface area contributed by atoms with Gasteiger partial charge >= 0.3 is 5.97 Å². The normalized spacial score (nSPS) is 10.7. The first-order chi connectivity index (χ1) is 8.11. The number of halogens is 1. The van der Waals surface area contributed by atoms with E-state index in [-0.39, 0.29) is 11.7 Å². The van der Waals surface area contributed by atoms with Gasteiger partial charge in [0.1, 0.15) is 0 Å². The van der Waals surface area contributed by atoms with Crippen LogP contribution in [0.2, 0.25) is 0 Å². The van der Waals surface area contributed by atoms with Gasteiger partial charge in [-0.25, -0.2) is 9.78 Å². The average molecular weight is 300 g/mol. The highest BCUT2D eigenvalue weighted by atomic mass is 79.9. The smallest absolute Gasteiger partial charge is 0.373 e. The molecule has 0 amide bonds. The molecule has 0 aliphatic rings. The van der Waals surface area contributed by atoms with Crippen LogP contribution in [0.25, 0.3) is 11.7 Å². The number of aromatic nitrogens is 1. The molecule has 0 bridgehead atoms. The quantitative estimate of drug-likeness (QED) is 0.937. The minimum Gasteiger partial charge on any atom is -0.475 e. The number of hydrogen-bond donors (Lipinski definition) is 1. The molecule has 6 heteroatoms. The number of hydrogen-bond acceptors (Lipinski definition) is 4. The van der Waals surface area contributed by atoms with Crippen molar-refractivity contribution in [2.45, 2.75) is 19.8 Å². The molecule has 0 atom stereocenters. The van der Waals surface area contributed by atoms with Crippen molar-refractivity contribution in [2.75, 3.05) is 0 Å². The summed E-state index contributed by atoms with van der Waals surface area (Å²) in [6.07, 6.45) is 1.36. The number of furan rings is 1. The van der Waals surface area contributed by atoms with Crippen molar-refractivity contribution in [3.05, 3.63) is 28.3 Å². The second-order valence-corrected chi connectivity index (χ2v) is 4.24. The van der Waals surface area contributed by atoms with Crippen molar-refractivity contribution in [1.29, 1.82) is 0 Å². The number of nitrogens with zero attached hydrogens (tertiary/aromatic N) is 1. The van der Waals surface area contributed by atoms with Crippen LogP contribution in [0.4, 0.5) is 0 Å². The molecule has 0 saturated carbocycles. The van der Waals surface area contributed by atoms with Crippen molar-refractivity contribution >= 4 is 21.9 Å². The highest BCUT2D eigenvalue weighted by Gasteiger charge is 2.21. The predicted octanol–water partition coefficient (Wildman–Crippen LogP) is 3.35. The number of oxazole rings is 1. The lowest BCUT2D eigenvalue weighted by molar-refractivity contribution is 0.0661. The summed E-state index contributed by atoms with van der Waals surface area (Å²) in [4.78, 5) is 15.1. The molecule has 5 nitrogen and oxygen atoms in total. The fourth-order valence-electron chi connectivity index (χ4n) is 1.46. The third-order valence-electron chi connectivity index (χ3n) is 2.16. The van der Waals surface area contributed by atoms with E-state index < -0.39 is 5.97 Å². The standard InChI is InChI=1S/C11H10BrNO4/c1-2-3-6-9(11(14)15)17-10(13-6)7-4-5-8(12)16-7/h4-5H,2-3H2,1H3,(H,14,15). The molecule has 1 N–H and O–H groups in total. The Bertz CT molecular complexity index is 543. The number of rotatable bonds is 4. The van der Waals surface area contributed by atoms with Crippen LogP contribution in [0.5, 0.6) is 0 Å². The van der Waals surface area contributed by atoms with E-state index in [1.54, 1.807) is 12.1 Å². The number of aromatic carboxylic acids is 1. The van der Waals surface area contributed by atoms with Gasteiger partial charge in [0.2, 0.25) is 5.76 Å². The van der Waals surface area contributed by atoms with Crippen LogP contribution in [0.15, 0.2) is 25.6 Å². The molecule has 0 aliphatic carbocycles. The van der Waals surface area contributed by atoms with Crippen molar-refractivity contribution < 1.29 is 18.7 Å². The van der Waals surface area contributed by atoms with Gasteiger partial charge in [-0.2, -0.15) is 0 Å². The molecule has 0 aromatic carbocycles. The molecular formula is C11H10BrNO4. The highest BCUT2D eigenvalue weighted by Crippen LogP contribution is 2.26. The Morgan fingerprint density at radius 1 is 1.47 bits per heavy atom. The molecule has 0 saturated heterocycles. The van der Waals surface area contributed by atoms with Crippen molar-refractivity contribution in [2.24, 2.45) is 0 Å². The summed E-state index contributed by atoms with van der Waals surface area (Å²) in [6.45, 7) is 1.95. The monoisotopic (exact) mass is 299 g/mol. The topological polar surface area (TPSA) is 76.5 Å². The molecule has 0 spiro atoms. The van der Waals surface area contributed by atoms with Crippen LogP contribution in [0.3, 0.4) is 0 Å². The van der Waals surface area contributed by atoms with Crippen molar-refractivity contribution in [3.8, 4) is 11.7 Å². The Hall–Kier alpha value is -1.56. The largest absolute Gasteiger partial charge is 0.475 e. The number of carboxylic acid groups (broad SMARTS) is 1. The zero-order valence-corrected chi connectivity index (χ0v) is 10.7. The summed E-state index contributed by atoms with van der Waals surface area (Å²) in [5, 5.41) is 8.98. The summed E-state index contributed by atoms with van der Waals surface area (Å²) >= 11 is 3.16. The van der Waals surface area contributed by atoms with E-state index in [1.165, 1.54) is 0 Å². The fourth-order valence-corrected chi connectivity index (χ4v) is 1.77. The molecule has 17 heavy (non-hydrogen) atoms. The molecule has 2 aromatic rings. The van der Waals surface area contributed by atoms with Crippen LogP contribution < -0.4 is 0 Å². The van der Waals surface area contributed by atoms with Gasteiger partial charge in [-0.1, -0.05) is 13.3 Å². The lowest BCUT2D eigenvalue weighted by Gasteiger charge is -1.91. The van der Waals surface area contributed by atoms with E-state index in [2.05, 4.69) is 20.9 Å². The molecule has 2 aromatic heterocycles. The molecule has 2 heterocycles. The summed E-state index contributed by atoms with van der Waals surface area (Å²) < 4.78 is 11.0. The van der Waals surface area contributed by atoms with E-state index in [4.69, 9.17) is 13.9 Å². The van der Waals surface area contributed by atoms with Gasteiger partial charge in [0.25, 0.3) is 5.89 Å². The lowest BCUT2D eigenvalue weighted by atomic mass is 10.2. The maximum Gasteiger partial charge on any atom is 0.373 e. The summed E-state index contributed by atoms with van der Waals surface area (Å²) in [5.74, 6) is -0.634. The Morgan fingerprint density at radius 2 is 2.24 bits per heavy atom. The van der Waals surface area contributed by atoms with Gasteiger partial charge in [-0.05, 0) is 34.5 Å². The zero-order chi connectivity index (χ0) is 12.4. The van der Waals surface area contributed by atoms with E-state index in [1.807, 2.05) is 6.92 Å². The number of carboxylic acids is 1. The first-order valence-electron chi connectivity index (χ1n) is 5.10. The second kappa shape index (κ2) is 4.75. The molecule has 0 unspecified atom stereocenters. The Balaban J connectivity index is 2.43. The van der Waals surface area contributed by atoms with Gasteiger partial charge in [0.15, 0.2) is 10.4 Å². The number of aryl methyl sites for hydroxylation is 1. The molecule has 90 valence electrons. The minimum atomic E-state index is -1.11. The lowest BCUT2D eigenvalue weighted by Crippen LogP contribution is -1.99. The van der Waals surface area contributed by atoms with Gasteiger partial charge in [0.05, 0.1) is 5.69 Å². The van der Waals surface area contributed by atoms with Crippen LogP contribution in [0.1, 0.15) is 29.6 Å². The molecule has 2 rings (SSSR count). The zero-order valence-electron chi connectivity index (χ0n) is 9.07. The molecule has 0 fully saturated rings.